The standard InChI is InChI=1S/C18H21N3O4/c1-11-13(3-2-6-19-11)21-18(22)16-17(25-10-20-16)12-4-5-14-15(9-12)24-8-7-23-14/h4-5,9-11,13,19H,2-3,6-8H2,1H3,(H,21,22). The molecule has 2 aliphatic heterocycles. The first-order chi connectivity index (χ1) is 12.2. The minimum atomic E-state index is -0.223. The van der Waals surface area contributed by atoms with Crippen molar-refractivity contribution in [3.63, 3.8) is 0 Å². The molecule has 7 nitrogen and oxygen atoms in total. The van der Waals surface area contributed by atoms with E-state index in [0.29, 0.717) is 30.5 Å². The van der Waals surface area contributed by atoms with Gasteiger partial charge in [-0.1, -0.05) is 0 Å². The van der Waals surface area contributed by atoms with Gasteiger partial charge in [-0.05, 0) is 44.5 Å². The maximum Gasteiger partial charge on any atom is 0.274 e. The van der Waals surface area contributed by atoms with Gasteiger partial charge in [0, 0.05) is 17.6 Å². The topological polar surface area (TPSA) is 85.6 Å². The number of ether oxygens (including phenoxy) is 2. The number of oxazole rings is 1. The molecule has 2 N–H and O–H groups in total. The van der Waals surface area contributed by atoms with Gasteiger partial charge in [0.15, 0.2) is 29.3 Å². The summed E-state index contributed by atoms with van der Waals surface area (Å²) in [4.78, 5) is 16.8. The number of nitrogens with one attached hydrogen (secondary N) is 2. The summed E-state index contributed by atoms with van der Waals surface area (Å²) in [7, 11) is 0. The summed E-state index contributed by atoms with van der Waals surface area (Å²) in [5.41, 5.74) is 1.02. The SMILES string of the molecule is CC1NCCCC1NC(=O)c1ncoc1-c1ccc2c(c1)OCCO2. The van der Waals surface area contributed by atoms with Gasteiger partial charge >= 0.3 is 0 Å². The highest BCUT2D eigenvalue weighted by atomic mass is 16.6. The average molecular weight is 343 g/mol. The van der Waals surface area contributed by atoms with E-state index in [1.54, 1.807) is 0 Å². The molecule has 2 aromatic rings. The third-order valence-electron chi connectivity index (χ3n) is 4.67. The molecule has 2 atom stereocenters. The van der Waals surface area contributed by atoms with Crippen LogP contribution in [0.25, 0.3) is 11.3 Å². The van der Waals surface area contributed by atoms with Crippen LogP contribution in [-0.2, 0) is 0 Å². The molecule has 25 heavy (non-hydrogen) atoms. The minimum absolute atomic E-state index is 0.0890. The monoisotopic (exact) mass is 343 g/mol. The summed E-state index contributed by atoms with van der Waals surface area (Å²) < 4.78 is 16.6. The van der Waals surface area contributed by atoms with Crippen molar-refractivity contribution in [3.8, 4) is 22.8 Å². The largest absolute Gasteiger partial charge is 0.486 e. The first-order valence-electron chi connectivity index (χ1n) is 8.60. The van der Waals surface area contributed by atoms with Gasteiger partial charge in [-0.25, -0.2) is 4.98 Å². The number of carbonyl (C=O) groups excluding carboxylic acids is 1. The molecule has 1 amide bonds. The second kappa shape index (κ2) is 6.76. The van der Waals surface area contributed by atoms with Gasteiger partial charge in [-0.2, -0.15) is 0 Å². The maximum atomic E-state index is 12.7. The van der Waals surface area contributed by atoms with Gasteiger partial charge in [-0.3, -0.25) is 4.79 Å². The third kappa shape index (κ3) is 3.19. The lowest BCUT2D eigenvalue weighted by Crippen LogP contribution is -2.52. The number of hydrogen-bond acceptors (Lipinski definition) is 6. The number of aromatic nitrogens is 1. The van der Waals surface area contributed by atoms with E-state index in [0.717, 1.165) is 24.9 Å². The van der Waals surface area contributed by atoms with E-state index in [2.05, 4.69) is 22.5 Å². The summed E-state index contributed by atoms with van der Waals surface area (Å²) in [5, 5.41) is 6.44. The summed E-state index contributed by atoms with van der Waals surface area (Å²) in [6.45, 7) is 4.11. The van der Waals surface area contributed by atoms with Crippen LogP contribution >= 0.6 is 0 Å². The first-order valence-corrected chi connectivity index (χ1v) is 8.60. The summed E-state index contributed by atoms with van der Waals surface area (Å²) in [5.74, 6) is 1.56. The van der Waals surface area contributed by atoms with E-state index in [1.165, 1.54) is 6.39 Å². The molecule has 0 bridgehead atoms. The molecule has 132 valence electrons. The van der Waals surface area contributed by atoms with Crippen molar-refractivity contribution in [2.45, 2.75) is 31.8 Å². The molecule has 1 fully saturated rings. The molecule has 0 saturated carbocycles. The van der Waals surface area contributed by atoms with Gasteiger partial charge < -0.3 is 24.5 Å². The summed E-state index contributed by atoms with van der Waals surface area (Å²) >= 11 is 0. The Morgan fingerprint density at radius 3 is 2.96 bits per heavy atom. The van der Waals surface area contributed by atoms with Crippen molar-refractivity contribution in [2.24, 2.45) is 0 Å². The fourth-order valence-corrected chi connectivity index (χ4v) is 3.28. The number of piperidine rings is 1. The van der Waals surface area contributed by atoms with Crippen LogP contribution in [0.1, 0.15) is 30.3 Å². The normalized spacial score (nSPS) is 22.4. The highest BCUT2D eigenvalue weighted by Gasteiger charge is 2.26. The number of amides is 1. The Morgan fingerprint density at radius 2 is 2.12 bits per heavy atom. The lowest BCUT2D eigenvalue weighted by Gasteiger charge is -2.30. The van der Waals surface area contributed by atoms with Gasteiger partial charge in [0.05, 0.1) is 0 Å². The van der Waals surface area contributed by atoms with Crippen LogP contribution in [0.2, 0.25) is 0 Å². The van der Waals surface area contributed by atoms with Crippen molar-refractivity contribution in [1.82, 2.24) is 15.6 Å². The predicted octanol–water partition coefficient (Wildman–Crippen LogP) is 1.98. The minimum Gasteiger partial charge on any atom is -0.486 e. The molecule has 2 aliphatic rings. The Balaban J connectivity index is 1.57. The molecule has 1 saturated heterocycles. The number of carbonyl (C=O) groups is 1. The van der Waals surface area contributed by atoms with E-state index < -0.39 is 0 Å². The lowest BCUT2D eigenvalue weighted by atomic mass is 9.99. The molecule has 3 heterocycles. The third-order valence-corrected chi connectivity index (χ3v) is 4.67. The molecule has 2 unspecified atom stereocenters. The highest BCUT2D eigenvalue weighted by Crippen LogP contribution is 2.35. The van der Waals surface area contributed by atoms with Crippen LogP contribution < -0.4 is 20.1 Å². The quantitative estimate of drug-likeness (QED) is 0.886. The molecular weight excluding hydrogens is 322 g/mol. The molecule has 0 aliphatic carbocycles. The zero-order chi connectivity index (χ0) is 17.2. The molecule has 4 rings (SSSR count). The zero-order valence-electron chi connectivity index (χ0n) is 14.1. The Bertz CT molecular complexity index is 773. The highest BCUT2D eigenvalue weighted by molar-refractivity contribution is 5.98. The molecule has 0 radical (unpaired) electrons. The Hall–Kier alpha value is -2.54. The Labute approximate surface area is 145 Å². The van der Waals surface area contributed by atoms with Crippen molar-refractivity contribution >= 4 is 5.91 Å². The van der Waals surface area contributed by atoms with Gasteiger partial charge in [-0.15, -0.1) is 0 Å². The van der Waals surface area contributed by atoms with Crippen molar-refractivity contribution < 1.29 is 18.7 Å². The van der Waals surface area contributed by atoms with Gasteiger partial charge in [0.1, 0.15) is 13.2 Å². The number of nitrogens with zero attached hydrogens (tertiary/aromatic N) is 1. The smallest absolute Gasteiger partial charge is 0.274 e. The number of hydrogen-bond donors (Lipinski definition) is 2. The van der Waals surface area contributed by atoms with Crippen LogP contribution in [0, 0.1) is 0 Å². The fourth-order valence-electron chi connectivity index (χ4n) is 3.28. The van der Waals surface area contributed by atoms with E-state index in [9.17, 15) is 4.79 Å². The maximum absolute atomic E-state index is 12.7. The van der Waals surface area contributed by atoms with Crippen LogP contribution in [-0.4, -0.2) is 42.7 Å². The van der Waals surface area contributed by atoms with Gasteiger partial charge in [0.25, 0.3) is 5.91 Å². The molecular formula is C18H21N3O4. The molecule has 0 spiro atoms. The number of benzene rings is 1. The summed E-state index contributed by atoms with van der Waals surface area (Å²) in [6, 6.07) is 5.81. The zero-order valence-corrected chi connectivity index (χ0v) is 14.1. The van der Waals surface area contributed by atoms with Crippen LogP contribution in [0.3, 0.4) is 0 Å². The first kappa shape index (κ1) is 16.0. The molecule has 1 aromatic carbocycles. The lowest BCUT2D eigenvalue weighted by molar-refractivity contribution is 0.0915. The van der Waals surface area contributed by atoms with Crippen LogP contribution in [0.5, 0.6) is 11.5 Å². The Kier molecular flexibility index (Phi) is 4.31. The van der Waals surface area contributed by atoms with Crippen molar-refractivity contribution in [3.05, 3.63) is 30.3 Å². The second-order valence-corrected chi connectivity index (χ2v) is 6.35. The average Bonchev–Trinajstić information content (AvgIpc) is 3.13. The fraction of sp³-hybridized carbons (Fsp3) is 0.444. The molecule has 7 heteroatoms. The predicted molar refractivity (Wildman–Crippen MR) is 90.9 cm³/mol. The van der Waals surface area contributed by atoms with E-state index in [4.69, 9.17) is 13.9 Å². The van der Waals surface area contributed by atoms with Crippen molar-refractivity contribution in [2.75, 3.05) is 19.8 Å². The van der Waals surface area contributed by atoms with E-state index in [1.807, 2.05) is 18.2 Å². The molecule has 1 aromatic heterocycles. The summed E-state index contributed by atoms with van der Waals surface area (Å²) in [6.07, 6.45) is 3.30. The van der Waals surface area contributed by atoms with E-state index in [-0.39, 0.29) is 23.7 Å². The van der Waals surface area contributed by atoms with Gasteiger partial charge in [0.2, 0.25) is 0 Å². The van der Waals surface area contributed by atoms with Crippen LogP contribution in [0.15, 0.2) is 29.0 Å². The second-order valence-electron chi connectivity index (χ2n) is 6.35. The van der Waals surface area contributed by atoms with E-state index >= 15 is 0 Å². The number of fused-ring (bicyclic) bond motifs is 1. The van der Waals surface area contributed by atoms with Crippen molar-refractivity contribution in [1.29, 1.82) is 0 Å². The number of rotatable bonds is 3. The Morgan fingerprint density at radius 1 is 1.28 bits per heavy atom. The van der Waals surface area contributed by atoms with Crippen LogP contribution in [0.4, 0.5) is 0 Å².